The average molecular weight is 248 g/mol. The molecule has 0 spiro atoms. The molecule has 1 heterocycles. The van der Waals surface area contributed by atoms with Crippen LogP contribution in [0.3, 0.4) is 0 Å². The van der Waals surface area contributed by atoms with E-state index in [4.69, 9.17) is 5.73 Å². The molecule has 1 aromatic rings. The highest BCUT2D eigenvalue weighted by Gasteiger charge is 2.42. The first-order valence-electron chi connectivity index (χ1n) is 6.74. The predicted molar refractivity (Wildman–Crippen MR) is 74.1 cm³/mol. The van der Waals surface area contributed by atoms with E-state index in [-0.39, 0.29) is 0 Å². The number of aliphatic hydroxyl groups is 1. The SMILES string of the molecule is CC1CC(C)(C)CCC1(O)Cc1cccnc1N. The molecule has 18 heavy (non-hydrogen) atoms. The Bertz CT molecular complexity index is 430. The van der Waals surface area contributed by atoms with Crippen LogP contribution in [-0.4, -0.2) is 15.7 Å². The molecule has 0 saturated heterocycles. The van der Waals surface area contributed by atoms with Crippen LogP contribution in [0.25, 0.3) is 0 Å². The van der Waals surface area contributed by atoms with Gasteiger partial charge in [0.25, 0.3) is 0 Å². The molecule has 0 aromatic carbocycles. The number of nitrogen functional groups attached to an aromatic ring is 1. The maximum Gasteiger partial charge on any atom is 0.126 e. The smallest absolute Gasteiger partial charge is 0.126 e. The van der Waals surface area contributed by atoms with Crippen molar-refractivity contribution in [1.82, 2.24) is 4.98 Å². The Kier molecular flexibility index (Phi) is 3.37. The molecule has 3 heteroatoms. The first-order valence-corrected chi connectivity index (χ1v) is 6.74. The minimum atomic E-state index is -0.632. The lowest BCUT2D eigenvalue weighted by atomic mass is 9.64. The van der Waals surface area contributed by atoms with Crippen LogP contribution in [0, 0.1) is 11.3 Å². The van der Waals surface area contributed by atoms with Crippen LogP contribution in [0.1, 0.15) is 45.6 Å². The van der Waals surface area contributed by atoms with Gasteiger partial charge in [0.15, 0.2) is 0 Å². The Labute approximate surface area is 109 Å². The molecule has 1 aliphatic rings. The average Bonchev–Trinajstić information content (AvgIpc) is 2.28. The summed E-state index contributed by atoms with van der Waals surface area (Å²) in [4.78, 5) is 4.10. The summed E-state index contributed by atoms with van der Waals surface area (Å²) in [5.74, 6) is 0.837. The molecule has 0 radical (unpaired) electrons. The van der Waals surface area contributed by atoms with Crippen LogP contribution in [0.15, 0.2) is 18.3 Å². The van der Waals surface area contributed by atoms with Crippen LogP contribution < -0.4 is 5.73 Å². The van der Waals surface area contributed by atoms with Gasteiger partial charge >= 0.3 is 0 Å². The van der Waals surface area contributed by atoms with Crippen LogP contribution in [0.4, 0.5) is 5.82 Å². The molecule has 1 aromatic heterocycles. The third-order valence-corrected chi connectivity index (χ3v) is 4.43. The van der Waals surface area contributed by atoms with E-state index >= 15 is 0 Å². The molecule has 1 fully saturated rings. The molecule has 0 bridgehead atoms. The molecule has 0 aliphatic heterocycles. The third kappa shape index (κ3) is 2.66. The Morgan fingerprint density at radius 3 is 2.78 bits per heavy atom. The summed E-state index contributed by atoms with van der Waals surface area (Å²) in [6.45, 7) is 6.70. The molecular formula is C15H24N2O. The van der Waals surface area contributed by atoms with Gasteiger partial charge in [-0.25, -0.2) is 4.98 Å². The zero-order valence-corrected chi connectivity index (χ0v) is 11.6. The van der Waals surface area contributed by atoms with E-state index in [0.29, 0.717) is 23.6 Å². The van der Waals surface area contributed by atoms with E-state index in [1.54, 1.807) is 6.20 Å². The quantitative estimate of drug-likeness (QED) is 0.846. The Morgan fingerprint density at radius 2 is 2.17 bits per heavy atom. The van der Waals surface area contributed by atoms with E-state index in [0.717, 1.165) is 24.8 Å². The molecule has 100 valence electrons. The predicted octanol–water partition coefficient (Wildman–Crippen LogP) is 2.78. The molecule has 1 aliphatic carbocycles. The second-order valence-corrected chi connectivity index (χ2v) is 6.60. The lowest BCUT2D eigenvalue weighted by Crippen LogP contribution is -2.45. The normalized spacial score (nSPS) is 31.2. The molecule has 2 atom stereocenters. The monoisotopic (exact) mass is 248 g/mol. The highest BCUT2D eigenvalue weighted by molar-refractivity contribution is 5.39. The molecule has 3 nitrogen and oxygen atoms in total. The highest BCUT2D eigenvalue weighted by Crippen LogP contribution is 2.45. The van der Waals surface area contributed by atoms with Crippen LogP contribution >= 0.6 is 0 Å². The van der Waals surface area contributed by atoms with Gasteiger partial charge in [0.1, 0.15) is 5.82 Å². The number of rotatable bonds is 2. The van der Waals surface area contributed by atoms with Crippen molar-refractivity contribution in [2.45, 2.75) is 52.1 Å². The van der Waals surface area contributed by atoms with Gasteiger partial charge in [-0.2, -0.15) is 0 Å². The second kappa shape index (κ2) is 4.54. The minimum absolute atomic E-state index is 0.292. The van der Waals surface area contributed by atoms with Crippen molar-refractivity contribution in [3.05, 3.63) is 23.9 Å². The van der Waals surface area contributed by atoms with Gasteiger partial charge in [0.05, 0.1) is 5.60 Å². The van der Waals surface area contributed by atoms with Crippen molar-refractivity contribution in [2.24, 2.45) is 11.3 Å². The number of hydrogen-bond donors (Lipinski definition) is 2. The third-order valence-electron chi connectivity index (χ3n) is 4.43. The minimum Gasteiger partial charge on any atom is -0.389 e. The van der Waals surface area contributed by atoms with Crippen LogP contribution in [-0.2, 0) is 6.42 Å². The van der Waals surface area contributed by atoms with E-state index in [1.165, 1.54) is 0 Å². The second-order valence-electron chi connectivity index (χ2n) is 6.60. The summed E-state index contributed by atoms with van der Waals surface area (Å²) in [5, 5.41) is 10.9. The fourth-order valence-electron chi connectivity index (χ4n) is 3.11. The molecule has 3 N–H and O–H groups in total. The van der Waals surface area contributed by atoms with E-state index in [2.05, 4.69) is 25.8 Å². The number of nitrogens with two attached hydrogens (primary N) is 1. The zero-order valence-electron chi connectivity index (χ0n) is 11.6. The first-order chi connectivity index (χ1) is 8.32. The number of hydrogen-bond acceptors (Lipinski definition) is 3. The summed E-state index contributed by atoms with van der Waals surface area (Å²) in [6.07, 6.45) is 5.27. The van der Waals surface area contributed by atoms with Gasteiger partial charge in [-0.05, 0) is 42.2 Å². The summed E-state index contributed by atoms with van der Waals surface area (Å²) < 4.78 is 0. The maximum atomic E-state index is 10.9. The lowest BCUT2D eigenvalue weighted by molar-refractivity contribution is -0.0703. The topological polar surface area (TPSA) is 59.1 Å². The van der Waals surface area contributed by atoms with Gasteiger partial charge in [0, 0.05) is 12.6 Å². The summed E-state index contributed by atoms with van der Waals surface area (Å²) in [7, 11) is 0. The Morgan fingerprint density at radius 1 is 1.44 bits per heavy atom. The zero-order chi connectivity index (χ0) is 13.4. The van der Waals surface area contributed by atoms with Gasteiger partial charge in [-0.1, -0.05) is 26.8 Å². The lowest BCUT2D eigenvalue weighted by Gasteiger charge is -2.45. The number of pyridine rings is 1. The van der Waals surface area contributed by atoms with Gasteiger partial charge in [-0.15, -0.1) is 0 Å². The van der Waals surface area contributed by atoms with E-state index in [9.17, 15) is 5.11 Å². The maximum absolute atomic E-state index is 10.9. The van der Waals surface area contributed by atoms with Crippen molar-refractivity contribution in [1.29, 1.82) is 0 Å². The number of nitrogens with zero attached hydrogens (tertiary/aromatic N) is 1. The highest BCUT2D eigenvalue weighted by atomic mass is 16.3. The van der Waals surface area contributed by atoms with Gasteiger partial charge in [-0.3, -0.25) is 0 Å². The molecule has 1 saturated carbocycles. The van der Waals surface area contributed by atoms with Crippen molar-refractivity contribution < 1.29 is 5.11 Å². The number of anilines is 1. The summed E-state index contributed by atoms with van der Waals surface area (Å²) >= 11 is 0. The Hall–Kier alpha value is -1.09. The van der Waals surface area contributed by atoms with E-state index < -0.39 is 5.60 Å². The van der Waals surface area contributed by atoms with E-state index in [1.807, 2.05) is 12.1 Å². The first kappa shape index (κ1) is 13.3. The molecular weight excluding hydrogens is 224 g/mol. The summed E-state index contributed by atoms with van der Waals surface area (Å²) in [6, 6.07) is 3.85. The van der Waals surface area contributed by atoms with Crippen LogP contribution in [0.5, 0.6) is 0 Å². The number of aromatic nitrogens is 1. The Balaban J connectivity index is 2.16. The fourth-order valence-corrected chi connectivity index (χ4v) is 3.11. The largest absolute Gasteiger partial charge is 0.389 e. The standard InChI is InChI=1S/C15H24N2O/c1-11-9-14(2,3)6-7-15(11,18)10-12-5-4-8-17-13(12)16/h4-5,8,11,18H,6-7,9-10H2,1-3H3,(H2,16,17). The van der Waals surface area contributed by atoms with Gasteiger partial charge in [0.2, 0.25) is 0 Å². The van der Waals surface area contributed by atoms with Crippen molar-refractivity contribution in [3.63, 3.8) is 0 Å². The van der Waals surface area contributed by atoms with Crippen molar-refractivity contribution >= 4 is 5.82 Å². The molecule has 2 unspecified atom stereocenters. The van der Waals surface area contributed by atoms with Crippen molar-refractivity contribution in [2.75, 3.05) is 5.73 Å². The molecule has 2 rings (SSSR count). The van der Waals surface area contributed by atoms with Gasteiger partial charge < -0.3 is 10.8 Å². The summed E-state index contributed by atoms with van der Waals surface area (Å²) in [5.41, 5.74) is 6.54. The van der Waals surface area contributed by atoms with Crippen LogP contribution in [0.2, 0.25) is 0 Å². The molecule has 0 amide bonds. The fraction of sp³-hybridized carbons (Fsp3) is 0.667. The van der Waals surface area contributed by atoms with Crippen molar-refractivity contribution in [3.8, 4) is 0 Å².